The minimum Gasteiger partial charge on any atom is -0.439 e. The van der Waals surface area contributed by atoms with Gasteiger partial charge in [-0.3, -0.25) is 9.69 Å². The second kappa shape index (κ2) is 9.23. The summed E-state index contributed by atoms with van der Waals surface area (Å²) in [7, 11) is -3.79. The van der Waals surface area contributed by atoms with E-state index in [0.29, 0.717) is 6.54 Å². The van der Waals surface area contributed by atoms with Crippen LogP contribution in [-0.4, -0.2) is 44.9 Å². The number of likely N-dealkylation sites (tertiary alicyclic amines) is 1. The van der Waals surface area contributed by atoms with E-state index in [2.05, 4.69) is 33.1 Å². The van der Waals surface area contributed by atoms with Gasteiger partial charge in [0.25, 0.3) is 5.91 Å². The van der Waals surface area contributed by atoms with Gasteiger partial charge in [-0.05, 0) is 69.3 Å². The molecule has 9 heteroatoms. The molecule has 1 aliphatic heterocycles. The predicted molar refractivity (Wildman–Crippen MR) is 108 cm³/mol. The number of benzene rings is 1. The lowest BCUT2D eigenvalue weighted by atomic mass is 10.3. The number of amides is 1. The zero-order valence-electron chi connectivity index (χ0n) is 14.9. The topological polar surface area (TPSA) is 79.6 Å². The second-order valence-electron chi connectivity index (χ2n) is 6.38. The molecular weight excluding hydrogens is 456 g/mol. The number of nitrogens with zero attached hydrogens (tertiary/aromatic N) is 1. The molecule has 6 nitrogen and oxygen atoms in total. The van der Waals surface area contributed by atoms with Crippen LogP contribution in [0.5, 0.6) is 0 Å². The molecule has 1 amide bonds. The average molecular weight is 478 g/mol. The highest BCUT2D eigenvalue weighted by Crippen LogP contribution is 2.24. The van der Waals surface area contributed by atoms with Crippen LogP contribution in [0.4, 0.5) is 0 Å². The highest BCUT2D eigenvalue weighted by molar-refractivity contribution is 9.10. The van der Waals surface area contributed by atoms with Crippen LogP contribution in [0, 0.1) is 0 Å². The maximum Gasteiger partial charge on any atom is 0.287 e. The van der Waals surface area contributed by atoms with Crippen molar-refractivity contribution in [1.82, 2.24) is 10.2 Å². The summed E-state index contributed by atoms with van der Waals surface area (Å²) in [6.45, 7) is 4.66. The second-order valence-corrected chi connectivity index (χ2v) is 9.17. The van der Waals surface area contributed by atoms with Crippen molar-refractivity contribution in [3.63, 3.8) is 0 Å². The lowest BCUT2D eigenvalue weighted by Gasteiger charge is -2.23. The number of hydrogen-bond donors (Lipinski definition) is 1. The summed E-state index contributed by atoms with van der Waals surface area (Å²) in [6.07, 6.45) is 2.38. The summed E-state index contributed by atoms with van der Waals surface area (Å²) < 4.78 is 31.3. The van der Waals surface area contributed by atoms with Crippen LogP contribution >= 0.6 is 28.3 Å². The first-order valence-corrected chi connectivity index (χ1v) is 10.8. The van der Waals surface area contributed by atoms with E-state index in [-0.39, 0.29) is 34.2 Å². The van der Waals surface area contributed by atoms with Gasteiger partial charge in [-0.15, -0.1) is 12.4 Å². The van der Waals surface area contributed by atoms with E-state index in [4.69, 9.17) is 4.42 Å². The molecule has 148 valence electrons. The van der Waals surface area contributed by atoms with Crippen molar-refractivity contribution >= 4 is 44.1 Å². The fourth-order valence-corrected chi connectivity index (χ4v) is 4.39. The van der Waals surface area contributed by atoms with Gasteiger partial charge >= 0.3 is 0 Å². The van der Waals surface area contributed by atoms with Crippen molar-refractivity contribution in [1.29, 1.82) is 0 Å². The maximum atomic E-state index is 12.6. The van der Waals surface area contributed by atoms with Gasteiger partial charge < -0.3 is 9.73 Å². The van der Waals surface area contributed by atoms with E-state index in [1.54, 1.807) is 12.1 Å². The Balaban J connectivity index is 0.00000261. The number of sulfone groups is 1. The van der Waals surface area contributed by atoms with E-state index in [0.717, 1.165) is 17.6 Å². The number of carbonyl (C=O) groups excluding carboxylic acids is 1. The molecule has 0 bridgehead atoms. The molecule has 0 spiro atoms. The van der Waals surface area contributed by atoms with E-state index < -0.39 is 15.7 Å². The molecule has 1 unspecified atom stereocenters. The fourth-order valence-electron chi connectivity index (χ4n) is 2.96. The first-order chi connectivity index (χ1) is 12.4. The standard InChI is InChI=1S/C18H21BrN2O4S.ClH/c1-13(21-10-2-3-11-21)12-20-18(22)16-8-9-17(25-16)26(23,24)15-6-4-14(19)5-7-15;/h4-9,13H,2-3,10-12H2,1H3,(H,20,22);1H. The van der Waals surface area contributed by atoms with Gasteiger partial charge in [-0.2, -0.15) is 0 Å². The minimum absolute atomic E-state index is 0. The Morgan fingerprint density at radius 3 is 2.44 bits per heavy atom. The molecule has 1 saturated heterocycles. The van der Waals surface area contributed by atoms with Crippen molar-refractivity contribution in [2.45, 2.75) is 35.8 Å². The van der Waals surface area contributed by atoms with Crippen LogP contribution in [0.3, 0.4) is 0 Å². The fraction of sp³-hybridized carbons (Fsp3) is 0.389. The number of nitrogens with one attached hydrogen (secondary N) is 1. The molecule has 0 radical (unpaired) electrons. The van der Waals surface area contributed by atoms with Crippen molar-refractivity contribution in [2.75, 3.05) is 19.6 Å². The molecule has 27 heavy (non-hydrogen) atoms. The number of hydrogen-bond acceptors (Lipinski definition) is 5. The Kier molecular flexibility index (Phi) is 7.50. The van der Waals surface area contributed by atoms with Crippen LogP contribution < -0.4 is 5.32 Å². The lowest BCUT2D eigenvalue weighted by Crippen LogP contribution is -2.40. The molecule has 1 atom stereocenters. The molecule has 1 aromatic carbocycles. The maximum absolute atomic E-state index is 12.6. The quantitative estimate of drug-likeness (QED) is 0.689. The highest BCUT2D eigenvalue weighted by atomic mass is 79.9. The zero-order chi connectivity index (χ0) is 18.7. The molecule has 0 aliphatic carbocycles. The Hall–Kier alpha value is -1.35. The van der Waals surface area contributed by atoms with Crippen molar-refractivity contribution < 1.29 is 17.6 Å². The monoisotopic (exact) mass is 476 g/mol. The lowest BCUT2D eigenvalue weighted by molar-refractivity contribution is 0.0907. The van der Waals surface area contributed by atoms with Crippen LogP contribution in [-0.2, 0) is 9.84 Å². The molecule has 1 N–H and O–H groups in total. The number of carbonyl (C=O) groups is 1. The van der Waals surface area contributed by atoms with Gasteiger partial charge in [0.1, 0.15) is 0 Å². The van der Waals surface area contributed by atoms with E-state index in [1.165, 1.54) is 37.1 Å². The highest BCUT2D eigenvalue weighted by Gasteiger charge is 2.24. The van der Waals surface area contributed by atoms with Crippen LogP contribution in [0.15, 0.2) is 55.3 Å². The third-order valence-corrected chi connectivity index (χ3v) is 6.69. The minimum atomic E-state index is -3.79. The third kappa shape index (κ3) is 5.13. The first-order valence-electron chi connectivity index (χ1n) is 8.50. The van der Waals surface area contributed by atoms with Gasteiger partial charge in [0, 0.05) is 17.1 Å². The number of halogens is 2. The third-order valence-electron chi connectivity index (χ3n) is 4.52. The summed E-state index contributed by atoms with van der Waals surface area (Å²) in [4.78, 5) is 14.7. The Morgan fingerprint density at radius 2 is 1.81 bits per heavy atom. The summed E-state index contributed by atoms with van der Waals surface area (Å²) in [5.41, 5.74) is 0. The smallest absolute Gasteiger partial charge is 0.287 e. The van der Waals surface area contributed by atoms with E-state index in [1.807, 2.05) is 0 Å². The van der Waals surface area contributed by atoms with Gasteiger partial charge in [0.15, 0.2) is 5.76 Å². The molecule has 2 heterocycles. The molecule has 1 aliphatic rings. The molecule has 3 rings (SSSR count). The van der Waals surface area contributed by atoms with Gasteiger partial charge in [-0.1, -0.05) is 15.9 Å². The molecule has 1 aromatic heterocycles. The van der Waals surface area contributed by atoms with Crippen molar-refractivity contribution in [3.8, 4) is 0 Å². The summed E-state index contributed by atoms with van der Waals surface area (Å²) >= 11 is 3.27. The number of rotatable bonds is 6. The molecule has 1 fully saturated rings. The average Bonchev–Trinajstić information content (AvgIpc) is 3.31. The van der Waals surface area contributed by atoms with Crippen LogP contribution in [0.2, 0.25) is 0 Å². The number of furan rings is 1. The Morgan fingerprint density at radius 1 is 1.19 bits per heavy atom. The first kappa shape index (κ1) is 21.9. The summed E-state index contributed by atoms with van der Waals surface area (Å²) in [6, 6.07) is 9.20. The molecule has 0 saturated carbocycles. The van der Waals surface area contributed by atoms with Crippen molar-refractivity contribution in [3.05, 3.63) is 46.6 Å². The van der Waals surface area contributed by atoms with Crippen LogP contribution in [0.1, 0.15) is 30.3 Å². The van der Waals surface area contributed by atoms with E-state index >= 15 is 0 Å². The molecular formula is C18H22BrClN2O4S. The van der Waals surface area contributed by atoms with Gasteiger partial charge in [0.05, 0.1) is 4.90 Å². The van der Waals surface area contributed by atoms with E-state index in [9.17, 15) is 13.2 Å². The normalized spacial score (nSPS) is 15.9. The van der Waals surface area contributed by atoms with Crippen molar-refractivity contribution in [2.24, 2.45) is 0 Å². The largest absolute Gasteiger partial charge is 0.439 e. The Labute approximate surface area is 173 Å². The summed E-state index contributed by atoms with van der Waals surface area (Å²) in [5.74, 6) is -0.414. The van der Waals surface area contributed by atoms with Gasteiger partial charge in [-0.25, -0.2) is 8.42 Å². The SMILES string of the molecule is CC(CNC(=O)c1ccc(S(=O)(=O)c2ccc(Br)cc2)o1)N1CCCC1.Cl. The van der Waals surface area contributed by atoms with Gasteiger partial charge in [0.2, 0.25) is 14.9 Å². The molecule has 2 aromatic rings. The Bertz CT molecular complexity index is 877. The summed E-state index contributed by atoms with van der Waals surface area (Å²) in [5, 5.41) is 2.57. The zero-order valence-corrected chi connectivity index (χ0v) is 18.1. The van der Waals surface area contributed by atoms with Crippen LogP contribution in [0.25, 0.3) is 0 Å². The predicted octanol–water partition coefficient (Wildman–Crippen LogP) is 3.51.